The van der Waals surface area contributed by atoms with E-state index in [1.165, 1.54) is 13.3 Å². The highest BCUT2D eigenvalue weighted by Crippen LogP contribution is 2.41. The quantitative estimate of drug-likeness (QED) is 0.703. The molecule has 1 amide bonds. The van der Waals surface area contributed by atoms with Gasteiger partial charge < -0.3 is 4.52 Å². The summed E-state index contributed by atoms with van der Waals surface area (Å²) < 4.78 is 4.99. The van der Waals surface area contributed by atoms with Crippen LogP contribution >= 0.6 is 0 Å². The molecule has 1 aromatic rings. The molecular formula is C8H10N2O3. The average molecular weight is 182 g/mol. The highest BCUT2D eigenvalue weighted by Gasteiger charge is 2.32. The predicted molar refractivity (Wildman–Crippen MR) is 43.0 cm³/mol. The van der Waals surface area contributed by atoms with Gasteiger partial charge in [0.1, 0.15) is 5.56 Å². The number of nitrogens with zero attached hydrogens (tertiary/aromatic N) is 1. The zero-order chi connectivity index (χ0) is 9.26. The lowest BCUT2D eigenvalue weighted by Gasteiger charge is -1.99. The van der Waals surface area contributed by atoms with Crippen molar-refractivity contribution in [2.45, 2.75) is 18.8 Å². The van der Waals surface area contributed by atoms with Crippen molar-refractivity contribution in [2.24, 2.45) is 0 Å². The van der Waals surface area contributed by atoms with Crippen molar-refractivity contribution in [3.63, 3.8) is 0 Å². The minimum Gasteiger partial charge on any atom is -0.360 e. The van der Waals surface area contributed by atoms with E-state index >= 15 is 0 Å². The predicted octanol–water partition coefficient (Wildman–Crippen LogP) is 0.843. The number of nitrogens with one attached hydrogen (secondary N) is 1. The summed E-state index contributed by atoms with van der Waals surface area (Å²) in [4.78, 5) is 15.8. The van der Waals surface area contributed by atoms with Crippen molar-refractivity contribution in [1.82, 2.24) is 10.6 Å². The standard InChI is InChI=1S/C8H10N2O3/c1-12-10-8(11)6-4-9-13-7(6)5-2-3-5/h4-5H,2-3H2,1H3,(H,10,11). The topological polar surface area (TPSA) is 64.4 Å². The Kier molecular flexibility index (Phi) is 2.02. The highest BCUT2D eigenvalue weighted by molar-refractivity contribution is 5.94. The third-order valence-electron chi connectivity index (χ3n) is 1.99. The number of amides is 1. The smallest absolute Gasteiger partial charge is 0.280 e. The van der Waals surface area contributed by atoms with Gasteiger partial charge in [0.25, 0.3) is 5.91 Å². The first-order chi connectivity index (χ1) is 6.33. The number of carbonyl (C=O) groups is 1. The first-order valence-electron chi connectivity index (χ1n) is 4.11. The van der Waals surface area contributed by atoms with Gasteiger partial charge in [0.15, 0.2) is 5.76 Å². The molecule has 1 aliphatic rings. The fourth-order valence-electron chi connectivity index (χ4n) is 1.21. The molecule has 5 heteroatoms. The molecular weight excluding hydrogens is 172 g/mol. The van der Waals surface area contributed by atoms with E-state index in [1.54, 1.807) is 0 Å². The maximum Gasteiger partial charge on any atom is 0.280 e. The van der Waals surface area contributed by atoms with Gasteiger partial charge in [0.05, 0.1) is 13.3 Å². The molecule has 0 radical (unpaired) electrons. The van der Waals surface area contributed by atoms with Crippen molar-refractivity contribution in [3.05, 3.63) is 17.5 Å². The van der Waals surface area contributed by atoms with Crippen LogP contribution in [0, 0.1) is 0 Å². The van der Waals surface area contributed by atoms with Gasteiger partial charge >= 0.3 is 0 Å². The Bertz CT molecular complexity index is 317. The van der Waals surface area contributed by atoms with Crippen LogP contribution in [0.1, 0.15) is 34.9 Å². The van der Waals surface area contributed by atoms with Crippen LogP contribution in [0.25, 0.3) is 0 Å². The Morgan fingerprint density at radius 3 is 3.15 bits per heavy atom. The summed E-state index contributed by atoms with van der Waals surface area (Å²) in [6, 6.07) is 0. The van der Waals surface area contributed by atoms with Gasteiger partial charge in [0.2, 0.25) is 0 Å². The molecule has 0 saturated heterocycles. The number of carbonyl (C=O) groups excluding carboxylic acids is 1. The maximum atomic E-state index is 11.3. The molecule has 0 aliphatic heterocycles. The van der Waals surface area contributed by atoms with Gasteiger partial charge in [-0.25, -0.2) is 5.48 Å². The Balaban J connectivity index is 2.18. The molecule has 70 valence electrons. The summed E-state index contributed by atoms with van der Waals surface area (Å²) in [5.74, 6) is 0.750. The molecule has 0 unspecified atom stereocenters. The van der Waals surface area contributed by atoms with E-state index in [0.29, 0.717) is 17.2 Å². The highest BCUT2D eigenvalue weighted by atomic mass is 16.6. The minimum absolute atomic E-state index is 0.300. The van der Waals surface area contributed by atoms with Crippen LogP contribution in [0.5, 0.6) is 0 Å². The first-order valence-corrected chi connectivity index (χ1v) is 4.11. The van der Waals surface area contributed by atoms with E-state index in [0.717, 1.165) is 12.8 Å². The molecule has 0 aromatic carbocycles. The SMILES string of the molecule is CONC(=O)c1cnoc1C1CC1. The first kappa shape index (κ1) is 8.25. The van der Waals surface area contributed by atoms with E-state index in [1.807, 2.05) is 0 Å². The van der Waals surface area contributed by atoms with E-state index in [9.17, 15) is 4.79 Å². The van der Waals surface area contributed by atoms with Crippen LogP contribution < -0.4 is 5.48 Å². The molecule has 1 aromatic heterocycles. The van der Waals surface area contributed by atoms with Crippen molar-refractivity contribution in [3.8, 4) is 0 Å². The number of hydrogen-bond donors (Lipinski definition) is 1. The van der Waals surface area contributed by atoms with Gasteiger partial charge in [-0.2, -0.15) is 0 Å². The van der Waals surface area contributed by atoms with E-state index in [2.05, 4.69) is 15.5 Å². The second-order valence-corrected chi connectivity index (χ2v) is 3.01. The molecule has 2 rings (SSSR count). The van der Waals surface area contributed by atoms with Crippen LogP contribution in [-0.2, 0) is 4.84 Å². The number of aromatic nitrogens is 1. The Hall–Kier alpha value is -1.36. The molecule has 13 heavy (non-hydrogen) atoms. The average Bonchev–Trinajstić information content (AvgIpc) is 2.84. The van der Waals surface area contributed by atoms with Crippen LogP contribution in [0.3, 0.4) is 0 Å². The van der Waals surface area contributed by atoms with Gasteiger partial charge in [0, 0.05) is 5.92 Å². The zero-order valence-corrected chi connectivity index (χ0v) is 7.24. The fraction of sp³-hybridized carbons (Fsp3) is 0.500. The van der Waals surface area contributed by atoms with E-state index in [4.69, 9.17) is 4.52 Å². The maximum absolute atomic E-state index is 11.3. The minimum atomic E-state index is -0.300. The molecule has 1 heterocycles. The summed E-state index contributed by atoms with van der Waals surface area (Å²) in [5, 5.41) is 3.60. The van der Waals surface area contributed by atoms with Crippen molar-refractivity contribution in [1.29, 1.82) is 0 Å². The number of hydrogen-bond acceptors (Lipinski definition) is 4. The largest absolute Gasteiger partial charge is 0.360 e. The number of rotatable bonds is 3. The summed E-state index contributed by atoms with van der Waals surface area (Å²) in [6.45, 7) is 0. The third kappa shape index (κ3) is 1.55. The normalized spacial score (nSPS) is 15.8. The van der Waals surface area contributed by atoms with Crippen molar-refractivity contribution < 1.29 is 14.2 Å². The molecule has 1 fully saturated rings. The van der Waals surface area contributed by atoms with Crippen LogP contribution in [-0.4, -0.2) is 18.2 Å². The monoisotopic (exact) mass is 182 g/mol. The Morgan fingerprint density at radius 1 is 1.77 bits per heavy atom. The van der Waals surface area contributed by atoms with E-state index < -0.39 is 0 Å². The molecule has 0 atom stereocenters. The van der Waals surface area contributed by atoms with Gasteiger partial charge in [-0.1, -0.05) is 5.16 Å². The summed E-state index contributed by atoms with van der Waals surface area (Å²) in [5.41, 5.74) is 2.71. The summed E-state index contributed by atoms with van der Waals surface area (Å²) in [7, 11) is 1.39. The number of hydroxylamine groups is 1. The lowest BCUT2D eigenvalue weighted by atomic mass is 10.2. The molecule has 1 aliphatic carbocycles. The second-order valence-electron chi connectivity index (χ2n) is 3.01. The zero-order valence-electron chi connectivity index (χ0n) is 7.24. The molecule has 1 N–H and O–H groups in total. The van der Waals surface area contributed by atoms with Gasteiger partial charge in [-0.05, 0) is 12.8 Å². The van der Waals surface area contributed by atoms with Crippen molar-refractivity contribution >= 4 is 5.91 Å². The lowest BCUT2D eigenvalue weighted by Crippen LogP contribution is -2.22. The van der Waals surface area contributed by atoms with Crippen molar-refractivity contribution in [2.75, 3.05) is 7.11 Å². The molecule has 0 spiro atoms. The van der Waals surface area contributed by atoms with Crippen LogP contribution in [0.2, 0.25) is 0 Å². The fourth-order valence-corrected chi connectivity index (χ4v) is 1.21. The molecule has 5 nitrogen and oxygen atoms in total. The van der Waals surface area contributed by atoms with Crippen LogP contribution in [0.15, 0.2) is 10.7 Å². The second kappa shape index (κ2) is 3.18. The lowest BCUT2D eigenvalue weighted by molar-refractivity contribution is 0.0535. The molecule has 0 bridgehead atoms. The summed E-state index contributed by atoms with van der Waals surface area (Å²) >= 11 is 0. The van der Waals surface area contributed by atoms with E-state index in [-0.39, 0.29) is 5.91 Å². The Labute approximate surface area is 75.0 Å². The van der Waals surface area contributed by atoms with Gasteiger partial charge in [-0.15, -0.1) is 0 Å². The van der Waals surface area contributed by atoms with Gasteiger partial charge in [-0.3, -0.25) is 9.63 Å². The third-order valence-corrected chi connectivity index (χ3v) is 1.99. The summed E-state index contributed by atoms with van der Waals surface area (Å²) in [6.07, 6.45) is 3.56. The van der Waals surface area contributed by atoms with Crippen LogP contribution in [0.4, 0.5) is 0 Å². The Morgan fingerprint density at radius 2 is 2.54 bits per heavy atom. The molecule has 1 saturated carbocycles.